The molecule has 0 heterocycles. The third kappa shape index (κ3) is 2.89. The van der Waals surface area contributed by atoms with Crippen molar-refractivity contribution >= 4 is 17.5 Å². The summed E-state index contributed by atoms with van der Waals surface area (Å²) in [6, 6.07) is 21.2. The number of alkyl halides is 1. The first-order valence-corrected chi connectivity index (χ1v) is 8.24. The van der Waals surface area contributed by atoms with E-state index in [2.05, 4.69) is 53.8 Å². The van der Waals surface area contributed by atoms with E-state index in [0.29, 0.717) is 24.8 Å². The number of hydrogen-bond acceptors (Lipinski definition) is 1. The highest BCUT2D eigenvalue weighted by atomic mass is 35.5. The van der Waals surface area contributed by atoms with E-state index in [4.69, 9.17) is 11.6 Å². The predicted molar refractivity (Wildman–Crippen MR) is 90.1 cm³/mol. The van der Waals surface area contributed by atoms with Gasteiger partial charge in [0.2, 0.25) is 5.91 Å². The quantitative estimate of drug-likeness (QED) is 0.809. The van der Waals surface area contributed by atoms with Crippen LogP contribution < -0.4 is 5.32 Å². The minimum absolute atomic E-state index is 0.0385. The van der Waals surface area contributed by atoms with Crippen LogP contribution in [0.25, 0.3) is 0 Å². The minimum atomic E-state index is 0.0385. The molecule has 1 amide bonds. The van der Waals surface area contributed by atoms with E-state index in [-0.39, 0.29) is 11.3 Å². The van der Waals surface area contributed by atoms with Crippen LogP contribution in [0.5, 0.6) is 0 Å². The molecule has 0 radical (unpaired) electrons. The number of carbonyl (C=O) groups excluding carboxylic acids is 1. The lowest BCUT2D eigenvalue weighted by Crippen LogP contribution is -2.28. The molecule has 3 rings (SSSR count). The highest BCUT2D eigenvalue weighted by Gasteiger charge is 2.55. The van der Waals surface area contributed by atoms with Crippen LogP contribution >= 0.6 is 11.6 Å². The Balaban J connectivity index is 1.81. The van der Waals surface area contributed by atoms with Crippen LogP contribution in [0.2, 0.25) is 0 Å². The van der Waals surface area contributed by atoms with E-state index in [1.807, 2.05) is 12.1 Å². The number of amides is 1. The molecule has 1 unspecified atom stereocenters. The second-order valence-corrected chi connectivity index (χ2v) is 6.23. The normalized spacial score (nSPS) is 18.7. The van der Waals surface area contributed by atoms with Crippen LogP contribution in [-0.4, -0.2) is 18.3 Å². The van der Waals surface area contributed by atoms with E-state index in [1.54, 1.807) is 0 Å². The van der Waals surface area contributed by atoms with Gasteiger partial charge in [0.15, 0.2) is 0 Å². The fourth-order valence-electron chi connectivity index (χ4n) is 3.33. The standard InChI is InChI=1S/C19H20ClNO/c20-12-11-18(22)21-14-17-13-19(17,15-7-3-1-4-8-15)16-9-5-2-6-10-16/h1-10,17H,11-14H2,(H,21,22). The highest BCUT2D eigenvalue weighted by molar-refractivity contribution is 6.18. The Morgan fingerprint density at radius 1 is 1.05 bits per heavy atom. The zero-order valence-corrected chi connectivity index (χ0v) is 13.2. The summed E-state index contributed by atoms with van der Waals surface area (Å²) in [5.74, 6) is 0.854. The Morgan fingerprint density at radius 2 is 1.59 bits per heavy atom. The number of halogens is 1. The molecule has 1 saturated carbocycles. The van der Waals surface area contributed by atoms with Crippen molar-refractivity contribution in [2.75, 3.05) is 12.4 Å². The molecule has 1 aliphatic carbocycles. The van der Waals surface area contributed by atoms with Crippen LogP contribution in [0.4, 0.5) is 0 Å². The van der Waals surface area contributed by atoms with Crippen LogP contribution in [0, 0.1) is 5.92 Å². The third-order valence-electron chi connectivity index (χ3n) is 4.55. The molecule has 3 heteroatoms. The average molecular weight is 314 g/mol. The second-order valence-electron chi connectivity index (χ2n) is 5.85. The van der Waals surface area contributed by atoms with E-state index < -0.39 is 0 Å². The van der Waals surface area contributed by atoms with Gasteiger partial charge in [-0.2, -0.15) is 0 Å². The number of rotatable bonds is 6. The second kappa shape index (κ2) is 6.53. The zero-order chi connectivity index (χ0) is 15.4. The van der Waals surface area contributed by atoms with Gasteiger partial charge in [0.1, 0.15) is 0 Å². The molecule has 0 aliphatic heterocycles. The van der Waals surface area contributed by atoms with Gasteiger partial charge in [0.05, 0.1) is 0 Å². The number of carbonyl (C=O) groups is 1. The summed E-state index contributed by atoms with van der Waals surface area (Å²) in [7, 11) is 0. The van der Waals surface area contributed by atoms with Crippen molar-refractivity contribution in [1.82, 2.24) is 5.32 Å². The Kier molecular flexibility index (Phi) is 4.49. The van der Waals surface area contributed by atoms with Gasteiger partial charge in [-0.15, -0.1) is 11.6 Å². The van der Waals surface area contributed by atoms with Gasteiger partial charge >= 0.3 is 0 Å². The molecule has 114 valence electrons. The number of benzene rings is 2. The molecule has 0 spiro atoms. The topological polar surface area (TPSA) is 29.1 Å². The Hall–Kier alpha value is -1.80. The largest absolute Gasteiger partial charge is 0.356 e. The molecule has 0 saturated heterocycles. The summed E-state index contributed by atoms with van der Waals surface area (Å²) in [5, 5.41) is 3.02. The van der Waals surface area contributed by atoms with Gasteiger partial charge < -0.3 is 5.32 Å². The summed E-state index contributed by atoms with van der Waals surface area (Å²) >= 11 is 5.61. The highest BCUT2D eigenvalue weighted by Crippen LogP contribution is 2.58. The molecule has 2 nitrogen and oxygen atoms in total. The summed E-state index contributed by atoms with van der Waals surface area (Å²) in [6.07, 6.45) is 1.46. The number of nitrogens with one attached hydrogen (secondary N) is 1. The maximum atomic E-state index is 11.7. The molecule has 1 atom stereocenters. The van der Waals surface area contributed by atoms with Gasteiger partial charge in [-0.25, -0.2) is 0 Å². The van der Waals surface area contributed by atoms with Gasteiger partial charge in [-0.1, -0.05) is 60.7 Å². The van der Waals surface area contributed by atoms with Gasteiger partial charge in [-0.05, 0) is 23.5 Å². The maximum Gasteiger partial charge on any atom is 0.221 e. The molecule has 22 heavy (non-hydrogen) atoms. The van der Waals surface area contributed by atoms with E-state index >= 15 is 0 Å². The molecule has 1 aliphatic rings. The first kappa shape index (κ1) is 15.1. The van der Waals surface area contributed by atoms with E-state index in [1.165, 1.54) is 11.1 Å². The summed E-state index contributed by atoms with van der Waals surface area (Å²) < 4.78 is 0. The van der Waals surface area contributed by atoms with Crippen molar-refractivity contribution < 1.29 is 4.79 Å². The first-order valence-electron chi connectivity index (χ1n) is 7.71. The fourth-order valence-corrected chi connectivity index (χ4v) is 3.50. The molecule has 0 bridgehead atoms. The maximum absolute atomic E-state index is 11.7. The van der Waals surface area contributed by atoms with E-state index in [9.17, 15) is 4.79 Å². The Bertz CT molecular complexity index is 587. The van der Waals surface area contributed by atoms with Crippen LogP contribution in [0.1, 0.15) is 24.0 Å². The molecule has 1 fully saturated rings. The van der Waals surface area contributed by atoms with Gasteiger partial charge in [0, 0.05) is 24.3 Å². The molecule has 2 aromatic carbocycles. The van der Waals surface area contributed by atoms with Crippen LogP contribution in [0.3, 0.4) is 0 Å². The van der Waals surface area contributed by atoms with Gasteiger partial charge in [0.25, 0.3) is 0 Å². The molecular weight excluding hydrogens is 294 g/mol. The summed E-state index contributed by atoms with van der Waals surface area (Å²) in [5.41, 5.74) is 2.70. The lowest BCUT2D eigenvalue weighted by atomic mass is 9.86. The lowest BCUT2D eigenvalue weighted by Gasteiger charge is -2.19. The minimum Gasteiger partial charge on any atom is -0.356 e. The van der Waals surface area contributed by atoms with Crippen LogP contribution in [0.15, 0.2) is 60.7 Å². The molecule has 0 aromatic heterocycles. The predicted octanol–water partition coefficient (Wildman–Crippen LogP) is 3.74. The van der Waals surface area contributed by atoms with Crippen molar-refractivity contribution in [3.05, 3.63) is 71.8 Å². The molecule has 2 aromatic rings. The van der Waals surface area contributed by atoms with Crippen LogP contribution in [-0.2, 0) is 10.2 Å². The van der Waals surface area contributed by atoms with Crippen molar-refractivity contribution in [3.8, 4) is 0 Å². The number of hydrogen-bond donors (Lipinski definition) is 1. The lowest BCUT2D eigenvalue weighted by molar-refractivity contribution is -0.120. The SMILES string of the molecule is O=C(CCCl)NCC1CC1(c1ccccc1)c1ccccc1. The van der Waals surface area contributed by atoms with Crippen molar-refractivity contribution in [3.63, 3.8) is 0 Å². The van der Waals surface area contributed by atoms with Crippen molar-refractivity contribution in [2.45, 2.75) is 18.3 Å². The molecular formula is C19H20ClNO. The Labute approximate surface area is 136 Å². The zero-order valence-electron chi connectivity index (χ0n) is 12.5. The smallest absolute Gasteiger partial charge is 0.221 e. The van der Waals surface area contributed by atoms with E-state index in [0.717, 1.165) is 6.42 Å². The molecule has 1 N–H and O–H groups in total. The Morgan fingerprint density at radius 3 is 2.09 bits per heavy atom. The third-order valence-corrected chi connectivity index (χ3v) is 4.74. The van der Waals surface area contributed by atoms with Crippen molar-refractivity contribution in [2.24, 2.45) is 5.92 Å². The first-order chi connectivity index (χ1) is 10.8. The van der Waals surface area contributed by atoms with Gasteiger partial charge in [-0.3, -0.25) is 4.79 Å². The fraction of sp³-hybridized carbons (Fsp3) is 0.316. The summed E-state index contributed by atoms with van der Waals surface area (Å²) in [6.45, 7) is 0.708. The monoisotopic (exact) mass is 313 g/mol. The summed E-state index contributed by atoms with van der Waals surface area (Å²) in [4.78, 5) is 11.7. The van der Waals surface area contributed by atoms with Crippen molar-refractivity contribution in [1.29, 1.82) is 0 Å². The average Bonchev–Trinajstić information content (AvgIpc) is 3.31.